The third-order valence-electron chi connectivity index (χ3n) is 3.59. The summed E-state index contributed by atoms with van der Waals surface area (Å²) in [6, 6.07) is 9.57. The van der Waals surface area contributed by atoms with E-state index < -0.39 is 0 Å². The van der Waals surface area contributed by atoms with E-state index in [4.69, 9.17) is 0 Å². The largest absolute Gasteiger partial charge is 0.311 e. The Morgan fingerprint density at radius 3 is 2.52 bits per heavy atom. The van der Waals surface area contributed by atoms with Crippen molar-refractivity contribution >= 4 is 5.78 Å². The van der Waals surface area contributed by atoms with Crippen LogP contribution in [0.2, 0.25) is 0 Å². The maximum absolute atomic E-state index is 12.2. The Morgan fingerprint density at radius 2 is 1.95 bits per heavy atom. The minimum atomic E-state index is -0.286. The van der Waals surface area contributed by atoms with Gasteiger partial charge in [0.05, 0.1) is 0 Å². The predicted molar refractivity (Wildman–Crippen MR) is 82.8 cm³/mol. The normalized spacial score (nSPS) is 12.1. The lowest BCUT2D eigenvalue weighted by molar-refractivity contribution is 0.0970. The molecule has 0 aliphatic rings. The summed E-state index contributed by atoms with van der Waals surface area (Å²) in [5.74, 6) is 0.465. The van der Waals surface area contributed by atoms with E-state index in [9.17, 15) is 9.59 Å². The van der Waals surface area contributed by atoms with Gasteiger partial charge in [0.25, 0.3) is 5.56 Å². The molecule has 0 fully saturated rings. The van der Waals surface area contributed by atoms with Crippen LogP contribution < -0.4 is 5.56 Å². The van der Waals surface area contributed by atoms with Crippen molar-refractivity contribution in [3.05, 3.63) is 63.3 Å². The van der Waals surface area contributed by atoms with E-state index in [2.05, 4.69) is 41.2 Å². The first kappa shape index (κ1) is 15.2. The summed E-state index contributed by atoms with van der Waals surface area (Å²) in [6.45, 7) is 5.80. The number of aromatic nitrogens is 2. The summed E-state index contributed by atoms with van der Waals surface area (Å²) in [6.07, 6.45) is 1.35. The molecule has 2 rings (SSSR count). The molecule has 1 heterocycles. The van der Waals surface area contributed by atoms with Crippen molar-refractivity contribution in [1.29, 1.82) is 0 Å². The molecule has 0 spiro atoms. The van der Waals surface area contributed by atoms with E-state index in [-0.39, 0.29) is 23.0 Å². The standard InChI is InChI=1S/C17H20N2O2/c1-4-13-5-7-14(8-6-13)11(2)9-16(20)15-10-17(21)19-12(3)18-15/h5-8,10-11H,4,9H2,1-3H3,(H,18,19,21). The maximum Gasteiger partial charge on any atom is 0.251 e. The second-order valence-corrected chi connectivity index (χ2v) is 5.34. The molecular weight excluding hydrogens is 264 g/mol. The van der Waals surface area contributed by atoms with Gasteiger partial charge in [-0.2, -0.15) is 0 Å². The van der Waals surface area contributed by atoms with Crippen LogP contribution in [0.15, 0.2) is 35.1 Å². The molecule has 1 N–H and O–H groups in total. The number of aryl methyl sites for hydroxylation is 2. The Bertz CT molecular complexity index is 687. The number of H-pyrrole nitrogens is 1. The van der Waals surface area contributed by atoms with Crippen molar-refractivity contribution in [3.63, 3.8) is 0 Å². The number of hydrogen-bond donors (Lipinski definition) is 1. The fourth-order valence-electron chi connectivity index (χ4n) is 2.30. The topological polar surface area (TPSA) is 62.8 Å². The Labute approximate surface area is 124 Å². The van der Waals surface area contributed by atoms with Crippen LogP contribution in [-0.2, 0) is 6.42 Å². The third-order valence-corrected chi connectivity index (χ3v) is 3.59. The molecule has 1 aromatic carbocycles. The zero-order chi connectivity index (χ0) is 15.4. The quantitative estimate of drug-likeness (QED) is 0.858. The summed E-state index contributed by atoms with van der Waals surface area (Å²) in [5, 5.41) is 0. The molecule has 21 heavy (non-hydrogen) atoms. The lowest BCUT2D eigenvalue weighted by Crippen LogP contribution is -2.15. The molecule has 1 aromatic heterocycles. The number of carbonyl (C=O) groups is 1. The van der Waals surface area contributed by atoms with Crippen molar-refractivity contribution in [1.82, 2.24) is 9.97 Å². The molecule has 0 saturated heterocycles. The Hall–Kier alpha value is -2.23. The van der Waals surface area contributed by atoms with Crippen LogP contribution in [0.3, 0.4) is 0 Å². The Kier molecular flexibility index (Phi) is 4.68. The summed E-state index contributed by atoms with van der Waals surface area (Å²) < 4.78 is 0. The average Bonchev–Trinajstić information content (AvgIpc) is 2.46. The SMILES string of the molecule is CCc1ccc(C(C)CC(=O)c2cc(=O)[nH]c(C)n2)cc1. The van der Waals surface area contributed by atoms with E-state index >= 15 is 0 Å². The number of nitrogens with zero attached hydrogens (tertiary/aromatic N) is 1. The maximum atomic E-state index is 12.2. The van der Waals surface area contributed by atoms with Gasteiger partial charge in [-0.3, -0.25) is 9.59 Å². The third kappa shape index (κ3) is 3.88. The smallest absolute Gasteiger partial charge is 0.251 e. The zero-order valence-electron chi connectivity index (χ0n) is 12.6. The van der Waals surface area contributed by atoms with Gasteiger partial charge in [0.15, 0.2) is 5.78 Å². The average molecular weight is 284 g/mol. The lowest BCUT2D eigenvalue weighted by atomic mass is 9.93. The molecule has 0 radical (unpaired) electrons. The van der Waals surface area contributed by atoms with Gasteiger partial charge in [-0.05, 0) is 30.4 Å². The molecule has 4 nitrogen and oxygen atoms in total. The van der Waals surface area contributed by atoms with E-state index in [1.165, 1.54) is 11.6 Å². The van der Waals surface area contributed by atoms with Gasteiger partial charge in [0.2, 0.25) is 0 Å². The summed E-state index contributed by atoms with van der Waals surface area (Å²) in [7, 11) is 0. The number of rotatable bonds is 5. The van der Waals surface area contributed by atoms with E-state index in [1.54, 1.807) is 6.92 Å². The number of ketones is 1. The number of Topliss-reactive ketones (excluding diaryl/α,β-unsaturated/α-hetero) is 1. The highest BCUT2D eigenvalue weighted by molar-refractivity contribution is 5.94. The van der Waals surface area contributed by atoms with Crippen molar-refractivity contribution in [2.75, 3.05) is 0 Å². The summed E-state index contributed by atoms with van der Waals surface area (Å²) in [4.78, 5) is 30.3. The fraction of sp³-hybridized carbons (Fsp3) is 0.353. The number of carbonyl (C=O) groups excluding carboxylic acids is 1. The van der Waals surface area contributed by atoms with Gasteiger partial charge < -0.3 is 4.98 Å². The summed E-state index contributed by atoms with van der Waals surface area (Å²) in [5.41, 5.74) is 2.37. The number of hydrogen-bond acceptors (Lipinski definition) is 3. The highest BCUT2D eigenvalue weighted by atomic mass is 16.1. The second kappa shape index (κ2) is 6.48. The molecule has 1 unspecified atom stereocenters. The summed E-state index contributed by atoms with van der Waals surface area (Å²) >= 11 is 0. The molecule has 0 bridgehead atoms. The molecule has 0 saturated carbocycles. The minimum Gasteiger partial charge on any atom is -0.311 e. The van der Waals surface area contributed by atoms with Gasteiger partial charge in [0.1, 0.15) is 11.5 Å². The molecule has 0 aliphatic carbocycles. The highest BCUT2D eigenvalue weighted by Crippen LogP contribution is 2.21. The van der Waals surface area contributed by atoms with E-state index in [0.717, 1.165) is 12.0 Å². The number of nitrogens with one attached hydrogen (secondary N) is 1. The van der Waals surface area contributed by atoms with E-state index in [0.29, 0.717) is 12.2 Å². The molecule has 0 amide bonds. The van der Waals surface area contributed by atoms with Gasteiger partial charge in [-0.1, -0.05) is 38.1 Å². The van der Waals surface area contributed by atoms with Crippen molar-refractivity contribution < 1.29 is 4.79 Å². The predicted octanol–water partition coefficient (Wildman–Crippen LogP) is 3.02. The Balaban J connectivity index is 2.12. The van der Waals surface area contributed by atoms with E-state index in [1.807, 2.05) is 6.92 Å². The first-order valence-electron chi connectivity index (χ1n) is 7.19. The number of aromatic amines is 1. The first-order valence-corrected chi connectivity index (χ1v) is 7.19. The first-order chi connectivity index (χ1) is 9.99. The van der Waals surface area contributed by atoms with Crippen molar-refractivity contribution in [2.24, 2.45) is 0 Å². The molecule has 2 aromatic rings. The minimum absolute atomic E-state index is 0.101. The monoisotopic (exact) mass is 284 g/mol. The van der Waals surface area contributed by atoms with Crippen molar-refractivity contribution in [2.45, 2.75) is 39.5 Å². The molecule has 1 atom stereocenters. The fourth-order valence-corrected chi connectivity index (χ4v) is 2.30. The van der Waals surface area contributed by atoms with Gasteiger partial charge >= 0.3 is 0 Å². The lowest BCUT2D eigenvalue weighted by Gasteiger charge is -2.11. The molecule has 0 aliphatic heterocycles. The van der Waals surface area contributed by atoms with Gasteiger partial charge in [0, 0.05) is 12.5 Å². The van der Waals surface area contributed by atoms with Gasteiger partial charge in [-0.25, -0.2) is 4.98 Å². The molecular formula is C17H20N2O2. The van der Waals surface area contributed by atoms with Crippen LogP contribution >= 0.6 is 0 Å². The molecule has 4 heteroatoms. The van der Waals surface area contributed by atoms with Crippen LogP contribution in [0.4, 0.5) is 0 Å². The zero-order valence-corrected chi connectivity index (χ0v) is 12.6. The van der Waals surface area contributed by atoms with Crippen molar-refractivity contribution in [3.8, 4) is 0 Å². The number of benzene rings is 1. The second-order valence-electron chi connectivity index (χ2n) is 5.34. The van der Waals surface area contributed by atoms with Gasteiger partial charge in [-0.15, -0.1) is 0 Å². The van der Waals surface area contributed by atoms with Crippen LogP contribution in [0.5, 0.6) is 0 Å². The van der Waals surface area contributed by atoms with Crippen LogP contribution in [0, 0.1) is 6.92 Å². The van der Waals surface area contributed by atoms with Crippen LogP contribution in [0.25, 0.3) is 0 Å². The molecule has 110 valence electrons. The highest BCUT2D eigenvalue weighted by Gasteiger charge is 2.15. The van der Waals surface area contributed by atoms with Crippen LogP contribution in [-0.4, -0.2) is 15.8 Å². The Morgan fingerprint density at radius 1 is 1.29 bits per heavy atom. The van der Waals surface area contributed by atoms with Crippen LogP contribution in [0.1, 0.15) is 53.6 Å².